The quantitative estimate of drug-likeness (QED) is 0.928. The van der Waals surface area contributed by atoms with Gasteiger partial charge in [-0.2, -0.15) is 5.10 Å². The first-order chi connectivity index (χ1) is 10.1. The molecule has 2 aliphatic heterocycles. The molecule has 1 aromatic heterocycles. The van der Waals surface area contributed by atoms with Crippen molar-refractivity contribution < 1.29 is 4.39 Å². The Kier molecular flexibility index (Phi) is 3.68. The van der Waals surface area contributed by atoms with Crippen LogP contribution in [0.25, 0.3) is 6.20 Å². The lowest BCUT2D eigenvalue weighted by Gasteiger charge is -2.34. The van der Waals surface area contributed by atoms with Crippen LogP contribution in [0.3, 0.4) is 0 Å². The molecule has 4 nitrogen and oxygen atoms in total. The average Bonchev–Trinajstić information content (AvgIpc) is 2.84. The lowest BCUT2D eigenvalue weighted by Crippen LogP contribution is -2.34. The first-order valence-corrected chi connectivity index (χ1v) is 7.28. The maximum Gasteiger partial charge on any atom is 0.126 e. The Morgan fingerprint density at radius 2 is 2.33 bits per heavy atom. The lowest BCUT2D eigenvalue weighted by atomic mass is 9.95. The molecule has 0 aliphatic carbocycles. The number of aromatic nitrogens is 2. The molecule has 0 amide bonds. The molecule has 2 aliphatic rings. The van der Waals surface area contributed by atoms with Gasteiger partial charge in [-0.15, -0.1) is 0 Å². The predicted molar refractivity (Wildman–Crippen MR) is 82.2 cm³/mol. The van der Waals surface area contributed by atoms with Gasteiger partial charge in [-0.1, -0.05) is 6.58 Å². The summed E-state index contributed by atoms with van der Waals surface area (Å²) >= 11 is 0. The van der Waals surface area contributed by atoms with Gasteiger partial charge in [-0.05, 0) is 37.9 Å². The normalized spacial score (nSPS) is 25.9. The highest BCUT2D eigenvalue weighted by molar-refractivity contribution is 5.36. The minimum Gasteiger partial charge on any atom is -0.366 e. The number of hydrogen-bond acceptors (Lipinski definition) is 3. The molecule has 2 unspecified atom stereocenters. The van der Waals surface area contributed by atoms with Crippen molar-refractivity contribution in [3.05, 3.63) is 47.6 Å². The molecule has 21 heavy (non-hydrogen) atoms. The van der Waals surface area contributed by atoms with Crippen molar-refractivity contribution >= 4 is 6.20 Å². The van der Waals surface area contributed by atoms with Gasteiger partial charge in [0.2, 0.25) is 0 Å². The summed E-state index contributed by atoms with van der Waals surface area (Å²) in [5.74, 6) is 0. The number of hydrogen-bond donors (Lipinski definition) is 1. The number of fused-ring (bicyclic) bond motifs is 1. The second-order valence-corrected chi connectivity index (χ2v) is 5.71. The van der Waals surface area contributed by atoms with Crippen LogP contribution < -0.4 is 5.32 Å². The number of rotatable bonds is 3. The van der Waals surface area contributed by atoms with Crippen molar-refractivity contribution in [2.24, 2.45) is 0 Å². The average molecular weight is 288 g/mol. The molecular weight excluding hydrogens is 267 g/mol. The van der Waals surface area contributed by atoms with Gasteiger partial charge >= 0.3 is 0 Å². The Morgan fingerprint density at radius 3 is 3.10 bits per heavy atom. The van der Waals surface area contributed by atoms with Gasteiger partial charge in [0, 0.05) is 37.0 Å². The minimum atomic E-state index is -0.902. The summed E-state index contributed by atoms with van der Waals surface area (Å²) < 4.78 is 15.3. The van der Waals surface area contributed by atoms with Gasteiger partial charge in [-0.25, -0.2) is 9.07 Å². The van der Waals surface area contributed by atoms with Crippen LogP contribution >= 0.6 is 0 Å². The van der Waals surface area contributed by atoms with E-state index in [4.69, 9.17) is 0 Å². The molecule has 5 heteroatoms. The number of halogens is 1. The third kappa shape index (κ3) is 2.53. The van der Waals surface area contributed by atoms with E-state index in [9.17, 15) is 4.39 Å². The van der Waals surface area contributed by atoms with Gasteiger partial charge in [0.15, 0.2) is 0 Å². The summed E-state index contributed by atoms with van der Waals surface area (Å²) in [5.41, 5.74) is 4.37. The third-order valence-electron chi connectivity index (χ3n) is 4.27. The Labute approximate surface area is 124 Å². The van der Waals surface area contributed by atoms with E-state index in [1.54, 1.807) is 23.2 Å². The zero-order valence-electron chi connectivity index (χ0n) is 12.5. The van der Waals surface area contributed by atoms with E-state index < -0.39 is 6.17 Å². The second-order valence-electron chi connectivity index (χ2n) is 5.71. The van der Waals surface area contributed by atoms with Gasteiger partial charge in [0.25, 0.3) is 0 Å². The molecule has 112 valence electrons. The van der Waals surface area contributed by atoms with Gasteiger partial charge < -0.3 is 5.32 Å². The van der Waals surface area contributed by atoms with Gasteiger partial charge in [0.1, 0.15) is 6.17 Å². The van der Waals surface area contributed by atoms with Gasteiger partial charge in [-0.3, -0.25) is 4.90 Å². The van der Waals surface area contributed by atoms with Crippen LogP contribution in [0.4, 0.5) is 4.39 Å². The molecule has 3 heterocycles. The molecule has 0 saturated heterocycles. The second kappa shape index (κ2) is 5.48. The van der Waals surface area contributed by atoms with E-state index in [1.807, 2.05) is 6.07 Å². The van der Waals surface area contributed by atoms with Crippen LogP contribution in [0.1, 0.15) is 30.8 Å². The van der Waals surface area contributed by atoms with Gasteiger partial charge in [0.05, 0.1) is 11.7 Å². The fourth-order valence-electron chi connectivity index (χ4n) is 3.18. The molecule has 2 atom stereocenters. The lowest BCUT2D eigenvalue weighted by molar-refractivity contribution is 0.252. The van der Waals surface area contributed by atoms with E-state index in [0.29, 0.717) is 6.42 Å². The molecule has 1 aromatic rings. The number of likely N-dealkylation sites (N-methyl/N-ethyl adjacent to an activating group) is 1. The number of nitrogens with one attached hydrogen (secondary N) is 1. The van der Waals surface area contributed by atoms with Crippen molar-refractivity contribution in [1.29, 1.82) is 0 Å². The van der Waals surface area contributed by atoms with Crippen molar-refractivity contribution in [1.82, 2.24) is 20.0 Å². The predicted octanol–water partition coefficient (Wildman–Crippen LogP) is 2.63. The van der Waals surface area contributed by atoms with E-state index in [0.717, 1.165) is 24.4 Å². The first kappa shape index (κ1) is 14.1. The number of alkyl halides is 1. The maximum atomic E-state index is 13.5. The summed E-state index contributed by atoms with van der Waals surface area (Å²) in [7, 11) is 2.10. The SMILES string of the molecule is C=CNC1=C(C)C(c2cc3n(n2)C=CC(F)C3)N(C)CC1. The van der Waals surface area contributed by atoms with E-state index >= 15 is 0 Å². The zero-order valence-corrected chi connectivity index (χ0v) is 12.5. The Morgan fingerprint density at radius 1 is 1.52 bits per heavy atom. The van der Waals surface area contributed by atoms with Crippen molar-refractivity contribution in [3.63, 3.8) is 0 Å². The van der Waals surface area contributed by atoms with E-state index in [-0.39, 0.29) is 6.04 Å². The number of nitrogens with zero attached hydrogens (tertiary/aromatic N) is 3. The fourth-order valence-corrected chi connectivity index (χ4v) is 3.18. The van der Waals surface area contributed by atoms with Crippen LogP contribution in [0.15, 0.2) is 36.2 Å². The molecule has 3 rings (SSSR count). The topological polar surface area (TPSA) is 33.1 Å². The molecule has 0 fully saturated rings. The first-order valence-electron chi connectivity index (χ1n) is 7.28. The summed E-state index contributed by atoms with van der Waals surface area (Å²) in [5, 5.41) is 7.87. The van der Waals surface area contributed by atoms with Crippen LogP contribution in [-0.4, -0.2) is 34.4 Å². The Balaban J connectivity index is 1.97. The van der Waals surface area contributed by atoms with E-state index in [2.05, 4.69) is 35.9 Å². The summed E-state index contributed by atoms with van der Waals surface area (Å²) in [6, 6.07) is 2.16. The van der Waals surface area contributed by atoms with Crippen LogP contribution in [-0.2, 0) is 6.42 Å². The Hall–Kier alpha value is -1.88. The Bertz CT molecular complexity index is 614. The molecule has 0 bridgehead atoms. The summed E-state index contributed by atoms with van der Waals surface area (Å²) in [6.07, 6.45) is 5.47. The minimum absolute atomic E-state index is 0.130. The molecule has 0 aromatic carbocycles. The summed E-state index contributed by atoms with van der Waals surface area (Å²) in [6.45, 7) is 6.82. The van der Waals surface area contributed by atoms with Crippen LogP contribution in [0.5, 0.6) is 0 Å². The van der Waals surface area contributed by atoms with Crippen molar-refractivity contribution in [2.45, 2.75) is 32.0 Å². The maximum absolute atomic E-state index is 13.5. The van der Waals surface area contributed by atoms with Crippen LogP contribution in [0, 0.1) is 0 Å². The molecule has 0 saturated carbocycles. The number of allylic oxidation sites excluding steroid dienone is 1. The molecule has 1 N–H and O–H groups in total. The van der Waals surface area contributed by atoms with Crippen LogP contribution in [0.2, 0.25) is 0 Å². The van der Waals surface area contributed by atoms with Crippen molar-refractivity contribution in [3.8, 4) is 0 Å². The molecule has 0 spiro atoms. The standard InChI is InChI=1S/C16H21FN4/c1-4-18-14-6-7-20(3)16(11(14)2)15-10-13-9-12(17)5-8-21(13)19-15/h4-5,8,10,12,16,18H,1,6-7,9H2,2-3H3. The highest BCUT2D eigenvalue weighted by Gasteiger charge is 2.29. The third-order valence-corrected chi connectivity index (χ3v) is 4.27. The zero-order chi connectivity index (χ0) is 15.0. The van der Waals surface area contributed by atoms with E-state index in [1.165, 1.54) is 11.3 Å². The smallest absolute Gasteiger partial charge is 0.126 e. The highest BCUT2D eigenvalue weighted by atomic mass is 19.1. The highest BCUT2D eigenvalue weighted by Crippen LogP contribution is 2.34. The summed E-state index contributed by atoms with van der Waals surface area (Å²) in [4.78, 5) is 2.29. The fraction of sp³-hybridized carbons (Fsp3) is 0.438. The largest absolute Gasteiger partial charge is 0.366 e. The molecule has 0 radical (unpaired) electrons. The molecular formula is C16H21FN4. The van der Waals surface area contributed by atoms with Crippen molar-refractivity contribution in [2.75, 3.05) is 13.6 Å². The monoisotopic (exact) mass is 288 g/mol.